The maximum atomic E-state index is 11.1. The number of carbonyl (C=O) groups is 1. The molecule has 1 heterocycles. The normalized spacial score (nSPS) is 11.9. The number of aromatic nitrogens is 1. The molecule has 1 rings (SSSR count). The molecule has 1 atom stereocenters. The number of aliphatic hydroxyl groups excluding tert-OH is 1. The molecule has 0 aromatic carbocycles. The lowest BCUT2D eigenvalue weighted by molar-refractivity contribution is -0.142. The zero-order valence-corrected chi connectivity index (χ0v) is 9.69. The third kappa shape index (κ3) is 3.49. The molecule has 6 heteroatoms. The highest BCUT2D eigenvalue weighted by Crippen LogP contribution is 2.11. The van der Waals surface area contributed by atoms with Gasteiger partial charge in [-0.3, -0.25) is 0 Å². The number of esters is 1. The van der Waals surface area contributed by atoms with Crippen molar-refractivity contribution in [3.8, 4) is 0 Å². The molecular weight excluding hydrogens is 264 g/mol. The van der Waals surface area contributed by atoms with E-state index < -0.39 is 12.0 Å². The molecule has 0 amide bonds. The highest BCUT2D eigenvalue weighted by Gasteiger charge is 2.17. The molecule has 1 aromatic heterocycles. The largest absolute Gasteiger partial charge is 0.467 e. The van der Waals surface area contributed by atoms with Crippen LogP contribution < -0.4 is 5.32 Å². The highest BCUT2D eigenvalue weighted by molar-refractivity contribution is 9.10. The molecule has 0 fully saturated rings. The van der Waals surface area contributed by atoms with E-state index in [0.717, 1.165) is 4.47 Å². The summed E-state index contributed by atoms with van der Waals surface area (Å²) in [7, 11) is 1.27. The summed E-state index contributed by atoms with van der Waals surface area (Å²) in [6, 6.07) is 2.68. The molecule has 1 aromatic rings. The van der Waals surface area contributed by atoms with Crippen LogP contribution in [0.25, 0.3) is 0 Å². The Balaban J connectivity index is 2.66. The minimum absolute atomic E-state index is 0.343. The lowest BCUT2D eigenvalue weighted by Crippen LogP contribution is -2.34. The minimum atomic E-state index is -0.788. The summed E-state index contributed by atoms with van der Waals surface area (Å²) >= 11 is 3.24. The molecule has 0 aliphatic rings. The SMILES string of the molecule is COC(=O)C(CO)Nc1ccc(Br)cn1. The first-order valence-electron chi connectivity index (χ1n) is 4.24. The van der Waals surface area contributed by atoms with Gasteiger partial charge >= 0.3 is 5.97 Å². The first kappa shape index (κ1) is 11.9. The number of aliphatic hydroxyl groups is 1. The number of hydrogen-bond donors (Lipinski definition) is 2. The highest BCUT2D eigenvalue weighted by atomic mass is 79.9. The van der Waals surface area contributed by atoms with Crippen LogP contribution in [0.4, 0.5) is 5.82 Å². The number of methoxy groups -OCH3 is 1. The molecule has 0 spiro atoms. The molecular formula is C9H11BrN2O3. The third-order valence-electron chi connectivity index (χ3n) is 1.72. The van der Waals surface area contributed by atoms with Crippen LogP contribution in [-0.4, -0.2) is 35.8 Å². The van der Waals surface area contributed by atoms with Gasteiger partial charge in [0.2, 0.25) is 0 Å². The average molecular weight is 275 g/mol. The third-order valence-corrected chi connectivity index (χ3v) is 2.19. The molecule has 0 aliphatic carbocycles. The minimum Gasteiger partial charge on any atom is -0.467 e. The number of pyridine rings is 1. The molecule has 1 unspecified atom stereocenters. The van der Waals surface area contributed by atoms with Gasteiger partial charge in [0.25, 0.3) is 0 Å². The zero-order chi connectivity index (χ0) is 11.3. The monoisotopic (exact) mass is 274 g/mol. The number of hydrogen-bond acceptors (Lipinski definition) is 5. The summed E-state index contributed by atoms with van der Waals surface area (Å²) in [5.74, 6) is -0.0233. The average Bonchev–Trinajstić information content (AvgIpc) is 2.27. The van der Waals surface area contributed by atoms with Gasteiger partial charge in [0, 0.05) is 10.7 Å². The quantitative estimate of drug-likeness (QED) is 0.795. The fourth-order valence-corrected chi connectivity index (χ4v) is 1.20. The van der Waals surface area contributed by atoms with Crippen LogP contribution in [-0.2, 0) is 9.53 Å². The zero-order valence-electron chi connectivity index (χ0n) is 8.11. The molecule has 0 aliphatic heterocycles. The first-order chi connectivity index (χ1) is 7.17. The Morgan fingerprint density at radius 3 is 2.93 bits per heavy atom. The summed E-state index contributed by atoms with van der Waals surface area (Å²) in [6.07, 6.45) is 1.59. The van der Waals surface area contributed by atoms with E-state index in [1.165, 1.54) is 7.11 Å². The lowest BCUT2D eigenvalue weighted by Gasteiger charge is -2.13. The van der Waals surface area contributed by atoms with Crippen molar-refractivity contribution in [2.24, 2.45) is 0 Å². The predicted octanol–water partition coefficient (Wildman–Crippen LogP) is 0.790. The Hall–Kier alpha value is -1.14. The van der Waals surface area contributed by atoms with Crippen LogP contribution in [0.1, 0.15) is 0 Å². The summed E-state index contributed by atoms with van der Waals surface area (Å²) in [5, 5.41) is 11.7. The summed E-state index contributed by atoms with van der Waals surface area (Å²) < 4.78 is 5.34. The van der Waals surface area contributed by atoms with Crippen molar-refractivity contribution in [1.82, 2.24) is 4.98 Å². The maximum absolute atomic E-state index is 11.1. The smallest absolute Gasteiger partial charge is 0.330 e. The van der Waals surface area contributed by atoms with Crippen LogP contribution in [0.2, 0.25) is 0 Å². The van der Waals surface area contributed by atoms with Gasteiger partial charge in [-0.05, 0) is 28.1 Å². The van der Waals surface area contributed by atoms with E-state index in [-0.39, 0.29) is 6.61 Å². The summed E-state index contributed by atoms with van der Waals surface area (Å²) in [4.78, 5) is 15.1. The van der Waals surface area contributed by atoms with Crippen molar-refractivity contribution >= 4 is 27.7 Å². The summed E-state index contributed by atoms with van der Waals surface area (Å²) in [6.45, 7) is -0.343. The topological polar surface area (TPSA) is 71.5 Å². The number of nitrogens with one attached hydrogen (secondary N) is 1. The number of rotatable bonds is 4. The van der Waals surface area contributed by atoms with Gasteiger partial charge in [-0.2, -0.15) is 0 Å². The molecule has 0 bridgehead atoms. The number of halogens is 1. The first-order valence-corrected chi connectivity index (χ1v) is 5.03. The van der Waals surface area contributed by atoms with Crippen molar-refractivity contribution < 1.29 is 14.6 Å². The van der Waals surface area contributed by atoms with E-state index in [9.17, 15) is 4.79 Å². The van der Waals surface area contributed by atoms with Gasteiger partial charge in [0.1, 0.15) is 11.9 Å². The van der Waals surface area contributed by atoms with Crippen LogP contribution in [0.3, 0.4) is 0 Å². The van der Waals surface area contributed by atoms with Crippen LogP contribution in [0, 0.1) is 0 Å². The van der Waals surface area contributed by atoms with Crippen LogP contribution >= 0.6 is 15.9 Å². The van der Waals surface area contributed by atoms with Gasteiger partial charge in [-0.15, -0.1) is 0 Å². The van der Waals surface area contributed by atoms with Crippen molar-refractivity contribution in [3.63, 3.8) is 0 Å². The Morgan fingerprint density at radius 1 is 1.73 bits per heavy atom. The molecule has 2 N–H and O–H groups in total. The van der Waals surface area contributed by atoms with Crippen LogP contribution in [0.5, 0.6) is 0 Å². The van der Waals surface area contributed by atoms with E-state index >= 15 is 0 Å². The molecule has 15 heavy (non-hydrogen) atoms. The second-order valence-electron chi connectivity index (χ2n) is 2.76. The number of anilines is 1. The van der Waals surface area contributed by atoms with Crippen LogP contribution in [0.15, 0.2) is 22.8 Å². The second kappa shape index (κ2) is 5.67. The molecule has 0 radical (unpaired) electrons. The standard InChI is InChI=1S/C9H11BrN2O3/c1-15-9(14)7(5-13)12-8-3-2-6(10)4-11-8/h2-4,7,13H,5H2,1H3,(H,11,12). The Kier molecular flexibility index (Phi) is 4.51. The maximum Gasteiger partial charge on any atom is 0.330 e. The molecule has 5 nitrogen and oxygen atoms in total. The summed E-state index contributed by atoms with van der Waals surface area (Å²) in [5.41, 5.74) is 0. The fourth-order valence-electron chi connectivity index (χ4n) is 0.961. The van der Waals surface area contributed by atoms with Gasteiger partial charge in [0.05, 0.1) is 13.7 Å². The van der Waals surface area contributed by atoms with Crippen molar-refractivity contribution in [2.75, 3.05) is 19.0 Å². The van der Waals surface area contributed by atoms with Gasteiger partial charge < -0.3 is 15.2 Å². The van der Waals surface area contributed by atoms with Gasteiger partial charge in [-0.1, -0.05) is 0 Å². The lowest BCUT2D eigenvalue weighted by atomic mass is 10.3. The molecule has 0 saturated carbocycles. The Labute approximate surface area is 95.6 Å². The van der Waals surface area contributed by atoms with Gasteiger partial charge in [0.15, 0.2) is 0 Å². The van der Waals surface area contributed by atoms with Gasteiger partial charge in [-0.25, -0.2) is 9.78 Å². The number of nitrogens with zero attached hydrogens (tertiary/aromatic N) is 1. The second-order valence-corrected chi connectivity index (χ2v) is 3.68. The van der Waals surface area contributed by atoms with E-state index in [1.807, 2.05) is 0 Å². The van der Waals surface area contributed by atoms with Crippen molar-refractivity contribution in [2.45, 2.75) is 6.04 Å². The van der Waals surface area contributed by atoms with E-state index in [4.69, 9.17) is 5.11 Å². The van der Waals surface area contributed by atoms with E-state index in [2.05, 4.69) is 31.0 Å². The predicted molar refractivity (Wildman–Crippen MR) is 58.4 cm³/mol. The van der Waals surface area contributed by atoms with E-state index in [0.29, 0.717) is 5.82 Å². The Bertz CT molecular complexity index is 329. The fraction of sp³-hybridized carbons (Fsp3) is 0.333. The number of ether oxygens (including phenoxy) is 1. The molecule has 0 saturated heterocycles. The van der Waals surface area contributed by atoms with Crippen molar-refractivity contribution in [3.05, 3.63) is 22.8 Å². The van der Waals surface area contributed by atoms with Crippen molar-refractivity contribution in [1.29, 1.82) is 0 Å². The molecule has 82 valence electrons. The van der Waals surface area contributed by atoms with E-state index in [1.54, 1.807) is 18.3 Å². The number of carbonyl (C=O) groups excluding carboxylic acids is 1. The Morgan fingerprint density at radius 2 is 2.47 bits per heavy atom.